The number of nitrogen functional groups attached to an aromatic ring is 1. The zero-order chi connectivity index (χ0) is 21.2. The normalized spacial score (nSPS) is 11.0. The number of nitrogens with zero attached hydrogens (tertiary/aromatic N) is 1. The molecule has 4 heteroatoms. The van der Waals surface area contributed by atoms with Crippen LogP contribution in [0.5, 0.6) is 0 Å². The summed E-state index contributed by atoms with van der Waals surface area (Å²) in [5.41, 5.74) is 12.2. The molecule has 5 aromatic rings. The molecule has 0 amide bonds. The number of hydrogen-bond acceptors (Lipinski definition) is 4. The summed E-state index contributed by atoms with van der Waals surface area (Å²) >= 11 is 1.37. The third-order valence-corrected chi connectivity index (χ3v) is 6.53. The molecule has 0 atom stereocenters. The number of carbonyl (C=O) groups is 1. The zero-order valence-corrected chi connectivity index (χ0v) is 17.6. The summed E-state index contributed by atoms with van der Waals surface area (Å²) in [7, 11) is 0. The van der Waals surface area contributed by atoms with Gasteiger partial charge in [-0.2, -0.15) is 0 Å². The van der Waals surface area contributed by atoms with Gasteiger partial charge in [0.15, 0.2) is 0 Å². The van der Waals surface area contributed by atoms with E-state index in [0.29, 0.717) is 22.5 Å². The Bertz CT molecular complexity index is 1360. The maximum atomic E-state index is 13.2. The second kappa shape index (κ2) is 8.17. The molecule has 2 heterocycles. The molecule has 0 aliphatic heterocycles. The van der Waals surface area contributed by atoms with Crippen LogP contribution in [-0.4, -0.2) is 10.8 Å². The average Bonchev–Trinajstić information content (AvgIpc) is 3.17. The first-order chi connectivity index (χ1) is 15.2. The van der Waals surface area contributed by atoms with Gasteiger partial charge in [0.05, 0.1) is 5.69 Å². The number of anilines is 1. The monoisotopic (exact) mass is 420 g/mol. The Hall–Kier alpha value is -3.76. The quantitative estimate of drug-likeness (QED) is 0.336. The first-order valence-corrected chi connectivity index (χ1v) is 10.9. The van der Waals surface area contributed by atoms with E-state index in [4.69, 9.17) is 10.7 Å². The lowest BCUT2D eigenvalue weighted by Gasteiger charge is -2.12. The van der Waals surface area contributed by atoms with E-state index in [1.165, 1.54) is 16.9 Å². The molecule has 31 heavy (non-hydrogen) atoms. The Balaban J connectivity index is 1.73. The van der Waals surface area contributed by atoms with Crippen LogP contribution in [0.4, 0.5) is 5.69 Å². The first-order valence-electron chi connectivity index (χ1n) is 10.1. The molecule has 0 saturated heterocycles. The molecule has 2 N–H and O–H groups in total. The number of pyridine rings is 1. The lowest BCUT2D eigenvalue weighted by molar-refractivity contribution is 0.104. The highest BCUT2D eigenvalue weighted by Gasteiger charge is 2.22. The fourth-order valence-corrected chi connectivity index (χ4v) is 4.95. The number of carbonyl (C=O) groups excluding carboxylic acids is 1. The maximum absolute atomic E-state index is 13.2. The van der Waals surface area contributed by atoms with Crippen molar-refractivity contribution in [3.8, 4) is 11.1 Å². The molecule has 0 aliphatic rings. The first kappa shape index (κ1) is 19.2. The van der Waals surface area contributed by atoms with Crippen LogP contribution in [0.1, 0.15) is 26.4 Å². The van der Waals surface area contributed by atoms with E-state index in [2.05, 4.69) is 24.3 Å². The minimum atomic E-state index is -0.0620. The zero-order valence-electron chi connectivity index (χ0n) is 16.8. The molecule has 0 bridgehead atoms. The molecule has 3 nitrogen and oxygen atoms in total. The van der Waals surface area contributed by atoms with E-state index in [1.54, 1.807) is 0 Å². The van der Waals surface area contributed by atoms with Crippen molar-refractivity contribution in [1.29, 1.82) is 0 Å². The predicted molar refractivity (Wildman–Crippen MR) is 129 cm³/mol. The molecular weight excluding hydrogens is 400 g/mol. The summed E-state index contributed by atoms with van der Waals surface area (Å²) in [6.45, 7) is 0. The molecule has 0 fully saturated rings. The van der Waals surface area contributed by atoms with Crippen LogP contribution in [0, 0.1) is 0 Å². The molecule has 2 aromatic heterocycles. The second-order valence-corrected chi connectivity index (χ2v) is 8.40. The summed E-state index contributed by atoms with van der Waals surface area (Å²) in [6.07, 6.45) is 2.62. The van der Waals surface area contributed by atoms with Gasteiger partial charge in [0, 0.05) is 22.7 Å². The molecular formula is C27H20N2OS. The van der Waals surface area contributed by atoms with Gasteiger partial charge in [-0.05, 0) is 23.1 Å². The third kappa shape index (κ3) is 3.62. The van der Waals surface area contributed by atoms with Crippen LogP contribution < -0.4 is 5.73 Å². The molecule has 0 unspecified atom stereocenters. The second-order valence-electron chi connectivity index (χ2n) is 7.40. The van der Waals surface area contributed by atoms with Crippen LogP contribution in [0.2, 0.25) is 0 Å². The SMILES string of the molecule is Nc1c(C(=O)c2ccccc2)sc2ncc(-c3ccccc3)c(Cc3ccccc3)c12. The van der Waals surface area contributed by atoms with E-state index in [0.717, 1.165) is 26.9 Å². The number of benzene rings is 3. The smallest absolute Gasteiger partial charge is 0.205 e. The highest BCUT2D eigenvalue weighted by Crippen LogP contribution is 2.40. The Morgan fingerprint density at radius 2 is 1.45 bits per heavy atom. The van der Waals surface area contributed by atoms with Gasteiger partial charge in [0.2, 0.25) is 5.78 Å². The summed E-state index contributed by atoms with van der Waals surface area (Å²) in [5, 5.41) is 0.884. The number of rotatable bonds is 5. The van der Waals surface area contributed by atoms with Crippen molar-refractivity contribution < 1.29 is 4.79 Å². The maximum Gasteiger partial charge on any atom is 0.205 e. The van der Waals surface area contributed by atoms with Crippen molar-refractivity contribution >= 4 is 33.0 Å². The van der Waals surface area contributed by atoms with E-state index < -0.39 is 0 Å². The Kier molecular flexibility index (Phi) is 5.06. The van der Waals surface area contributed by atoms with Crippen molar-refractivity contribution in [3.63, 3.8) is 0 Å². The Morgan fingerprint density at radius 3 is 2.13 bits per heavy atom. The lowest BCUT2D eigenvalue weighted by atomic mass is 9.93. The molecule has 0 radical (unpaired) electrons. The van der Waals surface area contributed by atoms with Gasteiger partial charge in [0.25, 0.3) is 0 Å². The van der Waals surface area contributed by atoms with E-state index in [9.17, 15) is 4.79 Å². The van der Waals surface area contributed by atoms with Crippen molar-refractivity contribution in [3.05, 3.63) is 119 Å². The highest BCUT2D eigenvalue weighted by atomic mass is 32.1. The number of thiophene rings is 1. The topological polar surface area (TPSA) is 56.0 Å². The number of aromatic nitrogens is 1. The molecule has 5 rings (SSSR count). The average molecular weight is 421 g/mol. The summed E-state index contributed by atoms with van der Waals surface area (Å²) < 4.78 is 0. The molecule has 150 valence electrons. The summed E-state index contributed by atoms with van der Waals surface area (Å²) in [5.74, 6) is -0.0620. The van der Waals surface area contributed by atoms with Crippen LogP contribution in [0.25, 0.3) is 21.3 Å². The third-order valence-electron chi connectivity index (χ3n) is 5.42. The van der Waals surface area contributed by atoms with E-state index in [-0.39, 0.29) is 5.78 Å². The lowest BCUT2D eigenvalue weighted by Crippen LogP contribution is -2.02. The van der Waals surface area contributed by atoms with Crippen molar-refractivity contribution in [2.75, 3.05) is 5.73 Å². The van der Waals surface area contributed by atoms with Gasteiger partial charge in [-0.3, -0.25) is 4.79 Å². The van der Waals surface area contributed by atoms with Gasteiger partial charge in [-0.1, -0.05) is 91.0 Å². The molecule has 0 aliphatic carbocycles. The number of nitrogens with two attached hydrogens (primary N) is 1. The minimum Gasteiger partial charge on any atom is -0.397 e. The van der Waals surface area contributed by atoms with Gasteiger partial charge >= 0.3 is 0 Å². The van der Waals surface area contributed by atoms with Crippen molar-refractivity contribution in [2.24, 2.45) is 0 Å². The van der Waals surface area contributed by atoms with Gasteiger partial charge in [-0.25, -0.2) is 4.98 Å². The minimum absolute atomic E-state index is 0.0620. The largest absolute Gasteiger partial charge is 0.397 e. The number of ketones is 1. The van der Waals surface area contributed by atoms with E-state index >= 15 is 0 Å². The van der Waals surface area contributed by atoms with Gasteiger partial charge in [-0.15, -0.1) is 11.3 Å². The fourth-order valence-electron chi connectivity index (χ4n) is 3.89. The molecule has 0 spiro atoms. The Morgan fingerprint density at radius 1 is 0.839 bits per heavy atom. The van der Waals surface area contributed by atoms with Gasteiger partial charge < -0.3 is 5.73 Å². The number of fused-ring (bicyclic) bond motifs is 1. The van der Waals surface area contributed by atoms with Crippen LogP contribution in [-0.2, 0) is 6.42 Å². The highest BCUT2D eigenvalue weighted by molar-refractivity contribution is 7.21. The van der Waals surface area contributed by atoms with E-state index in [1.807, 2.05) is 72.9 Å². The Labute approximate surface area is 184 Å². The summed E-state index contributed by atoms with van der Waals surface area (Å²) in [6, 6.07) is 29.8. The standard InChI is InChI=1S/C27H20N2OS/c28-24-23-21(16-18-10-4-1-5-11-18)22(19-12-6-2-7-13-19)17-29-27(23)31-26(24)25(30)20-14-8-3-9-15-20/h1-15,17H,16,28H2. The van der Waals surface area contributed by atoms with Crippen LogP contribution >= 0.6 is 11.3 Å². The van der Waals surface area contributed by atoms with Gasteiger partial charge in [0.1, 0.15) is 9.71 Å². The van der Waals surface area contributed by atoms with Crippen LogP contribution in [0.15, 0.2) is 97.2 Å². The molecule has 0 saturated carbocycles. The van der Waals surface area contributed by atoms with Crippen molar-refractivity contribution in [1.82, 2.24) is 4.98 Å². The van der Waals surface area contributed by atoms with Crippen LogP contribution in [0.3, 0.4) is 0 Å². The fraction of sp³-hybridized carbons (Fsp3) is 0.0370. The molecule has 3 aromatic carbocycles. The van der Waals surface area contributed by atoms with Crippen molar-refractivity contribution in [2.45, 2.75) is 6.42 Å². The predicted octanol–water partition coefficient (Wildman–Crippen LogP) is 6.37. The summed E-state index contributed by atoms with van der Waals surface area (Å²) in [4.78, 5) is 19.2. The number of hydrogen-bond donors (Lipinski definition) is 1.